The number of rotatable bonds is 3. The fraction of sp³-hybridized carbons (Fsp3) is 0. The number of fused-ring (bicyclic) bond motifs is 1. The van der Waals surface area contributed by atoms with Gasteiger partial charge in [-0.3, -0.25) is 5.41 Å². The van der Waals surface area contributed by atoms with E-state index in [0.717, 1.165) is 16.1 Å². The summed E-state index contributed by atoms with van der Waals surface area (Å²) in [7, 11) is 0. The lowest BCUT2D eigenvalue weighted by atomic mass is 10.1. The van der Waals surface area contributed by atoms with Crippen molar-refractivity contribution in [3.8, 4) is 0 Å². The van der Waals surface area contributed by atoms with Gasteiger partial charge in [0.2, 0.25) is 0 Å². The zero-order valence-corrected chi connectivity index (χ0v) is 10.7. The van der Waals surface area contributed by atoms with Gasteiger partial charge in [-0.25, -0.2) is 9.97 Å². The molecule has 19 heavy (non-hydrogen) atoms. The number of aromatic nitrogens is 3. The van der Waals surface area contributed by atoms with Gasteiger partial charge in [0.05, 0.1) is 5.52 Å². The molecule has 0 aliphatic heterocycles. The van der Waals surface area contributed by atoms with Gasteiger partial charge < -0.3 is 10.7 Å². The molecule has 5 nitrogen and oxygen atoms in total. The summed E-state index contributed by atoms with van der Waals surface area (Å²) in [5, 5.41) is 10.1. The molecule has 0 radical (unpaired) electrons. The normalized spacial score (nSPS) is 10.7. The lowest BCUT2D eigenvalue weighted by Gasteiger charge is -2.07. The smallest absolute Gasteiger partial charge is 0.171 e. The van der Waals surface area contributed by atoms with Crippen molar-refractivity contribution in [1.29, 1.82) is 5.41 Å². The molecule has 0 aliphatic rings. The minimum atomic E-state index is 0.00677. The Morgan fingerprint density at radius 2 is 2.16 bits per heavy atom. The SMILES string of the molecule is N=C(N)c1cc2ccccc2nc1Sc1ncc[nH]1. The second-order valence-corrected chi connectivity index (χ2v) is 4.92. The van der Waals surface area contributed by atoms with Gasteiger partial charge in [-0.2, -0.15) is 0 Å². The van der Waals surface area contributed by atoms with Crippen LogP contribution in [0.4, 0.5) is 0 Å². The van der Waals surface area contributed by atoms with Gasteiger partial charge in [-0.05, 0) is 23.9 Å². The van der Waals surface area contributed by atoms with Crippen molar-refractivity contribution in [2.75, 3.05) is 0 Å². The molecule has 0 bridgehead atoms. The highest BCUT2D eigenvalue weighted by Gasteiger charge is 2.12. The number of H-pyrrole nitrogens is 1. The van der Waals surface area contributed by atoms with Crippen LogP contribution in [0.5, 0.6) is 0 Å². The van der Waals surface area contributed by atoms with Crippen LogP contribution in [-0.2, 0) is 0 Å². The first kappa shape index (κ1) is 11.7. The molecule has 3 aromatic rings. The molecule has 94 valence electrons. The predicted octanol–water partition coefficient (Wildman–Crippen LogP) is 2.39. The fourth-order valence-electron chi connectivity index (χ4n) is 1.77. The first-order chi connectivity index (χ1) is 9.24. The molecular weight excluding hydrogens is 258 g/mol. The number of aromatic amines is 1. The number of para-hydroxylation sites is 1. The van der Waals surface area contributed by atoms with Crippen LogP contribution >= 0.6 is 11.8 Å². The molecule has 0 unspecified atom stereocenters. The first-order valence-corrected chi connectivity index (χ1v) is 6.47. The van der Waals surface area contributed by atoms with Gasteiger partial charge in [-0.15, -0.1) is 0 Å². The van der Waals surface area contributed by atoms with Gasteiger partial charge >= 0.3 is 0 Å². The van der Waals surface area contributed by atoms with Crippen molar-refractivity contribution in [3.63, 3.8) is 0 Å². The Hall–Kier alpha value is -2.34. The van der Waals surface area contributed by atoms with Crippen LogP contribution in [0.3, 0.4) is 0 Å². The third-order valence-electron chi connectivity index (χ3n) is 2.65. The number of hydrogen-bond donors (Lipinski definition) is 3. The molecule has 0 atom stereocenters. The van der Waals surface area contributed by atoms with Crippen LogP contribution < -0.4 is 5.73 Å². The van der Waals surface area contributed by atoms with Gasteiger partial charge in [0.1, 0.15) is 10.9 Å². The molecule has 0 fully saturated rings. The summed E-state index contributed by atoms with van der Waals surface area (Å²) < 4.78 is 0. The Kier molecular flexibility index (Phi) is 2.92. The molecule has 0 saturated carbocycles. The van der Waals surface area contributed by atoms with E-state index in [1.807, 2.05) is 30.3 Å². The van der Waals surface area contributed by atoms with Crippen molar-refractivity contribution >= 4 is 28.5 Å². The molecule has 0 spiro atoms. The van der Waals surface area contributed by atoms with Crippen LogP contribution in [-0.4, -0.2) is 20.8 Å². The van der Waals surface area contributed by atoms with E-state index < -0.39 is 0 Å². The van der Waals surface area contributed by atoms with E-state index in [9.17, 15) is 0 Å². The molecule has 3 rings (SSSR count). The number of imidazole rings is 1. The third-order valence-corrected chi connectivity index (χ3v) is 3.57. The van der Waals surface area contributed by atoms with E-state index >= 15 is 0 Å². The van der Waals surface area contributed by atoms with Crippen LogP contribution in [0, 0.1) is 5.41 Å². The number of amidine groups is 1. The second kappa shape index (κ2) is 4.74. The average Bonchev–Trinajstić information content (AvgIpc) is 2.90. The number of nitrogens with zero attached hydrogens (tertiary/aromatic N) is 2. The number of hydrogen-bond acceptors (Lipinski definition) is 4. The molecule has 2 aromatic heterocycles. The number of benzene rings is 1. The van der Waals surface area contributed by atoms with E-state index in [0.29, 0.717) is 10.6 Å². The zero-order valence-electron chi connectivity index (χ0n) is 9.92. The Morgan fingerprint density at radius 1 is 1.32 bits per heavy atom. The Labute approximate surface area is 113 Å². The minimum Gasteiger partial charge on any atom is -0.384 e. The monoisotopic (exact) mass is 269 g/mol. The van der Waals surface area contributed by atoms with E-state index in [2.05, 4.69) is 15.0 Å². The molecule has 4 N–H and O–H groups in total. The van der Waals surface area contributed by atoms with E-state index in [-0.39, 0.29) is 5.84 Å². The van der Waals surface area contributed by atoms with E-state index in [1.54, 1.807) is 12.4 Å². The summed E-state index contributed by atoms with van der Waals surface area (Å²) in [6, 6.07) is 9.65. The van der Waals surface area contributed by atoms with Crippen LogP contribution in [0.2, 0.25) is 0 Å². The number of nitrogens with one attached hydrogen (secondary N) is 2. The largest absolute Gasteiger partial charge is 0.384 e. The lowest BCUT2D eigenvalue weighted by Crippen LogP contribution is -2.13. The average molecular weight is 269 g/mol. The maximum Gasteiger partial charge on any atom is 0.171 e. The highest BCUT2D eigenvalue weighted by molar-refractivity contribution is 7.99. The maximum absolute atomic E-state index is 7.67. The van der Waals surface area contributed by atoms with Gasteiger partial charge in [0.15, 0.2) is 5.16 Å². The summed E-state index contributed by atoms with van der Waals surface area (Å²) in [6.07, 6.45) is 3.42. The molecule has 0 amide bonds. The highest BCUT2D eigenvalue weighted by atomic mass is 32.2. The summed E-state index contributed by atoms with van der Waals surface area (Å²) in [5.41, 5.74) is 7.14. The molecule has 1 aromatic carbocycles. The molecular formula is C13H11N5S. The Morgan fingerprint density at radius 3 is 2.89 bits per heavy atom. The summed E-state index contributed by atoms with van der Waals surface area (Å²) >= 11 is 1.37. The van der Waals surface area contributed by atoms with Gasteiger partial charge in [0.25, 0.3) is 0 Å². The zero-order chi connectivity index (χ0) is 13.2. The lowest BCUT2D eigenvalue weighted by molar-refractivity contribution is 1.04. The van der Waals surface area contributed by atoms with Crippen molar-refractivity contribution in [1.82, 2.24) is 15.0 Å². The molecule has 2 heterocycles. The third kappa shape index (κ3) is 2.30. The summed E-state index contributed by atoms with van der Waals surface area (Å²) in [6.45, 7) is 0. The number of nitrogens with two attached hydrogens (primary N) is 1. The van der Waals surface area contributed by atoms with Crippen LogP contribution in [0.25, 0.3) is 10.9 Å². The van der Waals surface area contributed by atoms with Crippen molar-refractivity contribution in [2.45, 2.75) is 10.2 Å². The topological polar surface area (TPSA) is 91.4 Å². The second-order valence-electron chi connectivity index (χ2n) is 3.94. The van der Waals surface area contributed by atoms with Crippen LogP contribution in [0.1, 0.15) is 5.56 Å². The standard InChI is InChI=1S/C13H11N5S/c14-11(15)9-7-8-3-1-2-4-10(8)18-12(9)19-13-16-5-6-17-13/h1-7H,(H3,14,15)(H,16,17). The van der Waals surface area contributed by atoms with Gasteiger partial charge in [0, 0.05) is 23.3 Å². The quantitative estimate of drug-likeness (QED) is 0.503. The molecule has 6 heteroatoms. The van der Waals surface area contributed by atoms with Crippen molar-refractivity contribution < 1.29 is 0 Å². The maximum atomic E-state index is 7.67. The van der Waals surface area contributed by atoms with E-state index in [4.69, 9.17) is 11.1 Å². The van der Waals surface area contributed by atoms with E-state index in [1.165, 1.54) is 11.8 Å². The molecule has 0 saturated heterocycles. The Bertz CT molecular complexity index is 736. The fourth-order valence-corrected chi connectivity index (χ4v) is 2.61. The van der Waals surface area contributed by atoms with Crippen molar-refractivity contribution in [2.24, 2.45) is 5.73 Å². The number of nitrogen functional groups attached to an aromatic ring is 1. The van der Waals surface area contributed by atoms with Crippen molar-refractivity contribution in [3.05, 3.63) is 48.3 Å². The predicted molar refractivity (Wildman–Crippen MR) is 75.5 cm³/mol. The first-order valence-electron chi connectivity index (χ1n) is 5.65. The summed E-state index contributed by atoms with van der Waals surface area (Å²) in [4.78, 5) is 11.7. The van der Waals surface area contributed by atoms with Gasteiger partial charge in [-0.1, -0.05) is 18.2 Å². The minimum absolute atomic E-state index is 0.00677. The Balaban J connectivity index is 2.15. The summed E-state index contributed by atoms with van der Waals surface area (Å²) in [5.74, 6) is 0.00677. The van der Waals surface area contributed by atoms with Crippen LogP contribution in [0.15, 0.2) is 52.9 Å². The molecule has 0 aliphatic carbocycles. The highest BCUT2D eigenvalue weighted by Crippen LogP contribution is 2.28. The number of pyridine rings is 1.